The molecule has 29 heavy (non-hydrogen) atoms. The minimum atomic E-state index is -0.204. The topological polar surface area (TPSA) is 76.0 Å². The van der Waals surface area contributed by atoms with E-state index in [1.165, 1.54) is 0 Å². The van der Waals surface area contributed by atoms with Crippen LogP contribution in [0.3, 0.4) is 0 Å². The number of amides is 2. The van der Waals surface area contributed by atoms with Gasteiger partial charge in [0.05, 0.1) is 17.8 Å². The van der Waals surface area contributed by atoms with E-state index in [0.29, 0.717) is 29.2 Å². The number of aryl methyl sites for hydroxylation is 1. The van der Waals surface area contributed by atoms with E-state index in [0.717, 1.165) is 24.1 Å². The van der Waals surface area contributed by atoms with Gasteiger partial charge in [0.2, 0.25) is 5.91 Å². The summed E-state index contributed by atoms with van der Waals surface area (Å²) < 4.78 is 1.85. The van der Waals surface area contributed by atoms with Gasteiger partial charge in [-0.25, -0.2) is 0 Å². The number of hydrogen-bond donors (Lipinski definition) is 2. The standard InChI is InChI=1S/C23H24N4O2/c1-15-21(16(2)27(26-15)14-17-7-4-3-5-8-17)23(29)25-20-10-6-9-19(13-20)24-22(28)18-11-12-18/h3-10,13,18H,11-12,14H2,1-2H3,(H,24,28)(H,25,29). The zero-order chi connectivity index (χ0) is 20.4. The Morgan fingerprint density at radius 3 is 2.38 bits per heavy atom. The molecule has 2 N–H and O–H groups in total. The highest BCUT2D eigenvalue weighted by atomic mass is 16.2. The molecule has 0 unspecified atom stereocenters. The van der Waals surface area contributed by atoms with Gasteiger partial charge in [-0.3, -0.25) is 14.3 Å². The Balaban J connectivity index is 1.49. The number of anilines is 2. The molecular formula is C23H24N4O2. The van der Waals surface area contributed by atoms with Gasteiger partial charge < -0.3 is 10.6 Å². The summed E-state index contributed by atoms with van der Waals surface area (Å²) >= 11 is 0. The fraction of sp³-hybridized carbons (Fsp3) is 0.261. The molecule has 4 rings (SSSR count). The molecule has 3 aromatic rings. The van der Waals surface area contributed by atoms with Gasteiger partial charge in [-0.2, -0.15) is 5.10 Å². The fourth-order valence-corrected chi connectivity index (χ4v) is 3.39. The Labute approximate surface area is 169 Å². The van der Waals surface area contributed by atoms with Gasteiger partial charge in [0.25, 0.3) is 5.91 Å². The molecule has 1 aliphatic rings. The summed E-state index contributed by atoms with van der Waals surface area (Å²) in [7, 11) is 0. The van der Waals surface area contributed by atoms with E-state index in [4.69, 9.17) is 0 Å². The van der Waals surface area contributed by atoms with Crippen LogP contribution in [0.25, 0.3) is 0 Å². The molecule has 0 atom stereocenters. The van der Waals surface area contributed by atoms with Crippen molar-refractivity contribution in [1.82, 2.24) is 9.78 Å². The van der Waals surface area contributed by atoms with Crippen LogP contribution < -0.4 is 10.6 Å². The maximum absolute atomic E-state index is 12.9. The summed E-state index contributed by atoms with van der Waals surface area (Å²) in [6.45, 7) is 4.36. The summed E-state index contributed by atoms with van der Waals surface area (Å²) in [4.78, 5) is 24.9. The van der Waals surface area contributed by atoms with E-state index in [-0.39, 0.29) is 17.7 Å². The molecule has 1 aromatic heterocycles. The van der Waals surface area contributed by atoms with E-state index in [1.54, 1.807) is 6.07 Å². The van der Waals surface area contributed by atoms with Crippen molar-refractivity contribution in [2.75, 3.05) is 10.6 Å². The Morgan fingerprint density at radius 2 is 1.69 bits per heavy atom. The minimum Gasteiger partial charge on any atom is -0.326 e. The second-order valence-corrected chi connectivity index (χ2v) is 7.49. The van der Waals surface area contributed by atoms with Crippen LogP contribution in [0, 0.1) is 19.8 Å². The van der Waals surface area contributed by atoms with Crippen molar-refractivity contribution in [1.29, 1.82) is 0 Å². The summed E-state index contributed by atoms with van der Waals surface area (Å²) in [6, 6.07) is 17.3. The van der Waals surface area contributed by atoms with Crippen LogP contribution in [0.2, 0.25) is 0 Å². The van der Waals surface area contributed by atoms with Crippen molar-refractivity contribution >= 4 is 23.2 Å². The maximum atomic E-state index is 12.9. The molecule has 1 saturated carbocycles. The molecule has 1 heterocycles. The van der Waals surface area contributed by atoms with Crippen LogP contribution in [0.4, 0.5) is 11.4 Å². The van der Waals surface area contributed by atoms with Crippen molar-refractivity contribution in [2.45, 2.75) is 33.2 Å². The molecule has 1 aliphatic carbocycles. The summed E-state index contributed by atoms with van der Waals surface area (Å²) in [5.41, 5.74) is 4.54. The van der Waals surface area contributed by atoms with Crippen LogP contribution in [0.15, 0.2) is 54.6 Å². The third kappa shape index (κ3) is 4.37. The molecule has 6 nitrogen and oxygen atoms in total. The van der Waals surface area contributed by atoms with Gasteiger partial charge in [0.1, 0.15) is 0 Å². The van der Waals surface area contributed by atoms with Crippen molar-refractivity contribution in [3.8, 4) is 0 Å². The molecule has 0 spiro atoms. The molecule has 2 aromatic carbocycles. The number of nitrogens with zero attached hydrogens (tertiary/aromatic N) is 2. The van der Waals surface area contributed by atoms with Gasteiger partial charge in [-0.1, -0.05) is 36.4 Å². The molecule has 0 radical (unpaired) electrons. The largest absolute Gasteiger partial charge is 0.326 e. The highest BCUT2D eigenvalue weighted by molar-refractivity contribution is 6.06. The number of aromatic nitrogens is 2. The fourth-order valence-electron chi connectivity index (χ4n) is 3.39. The molecule has 2 amide bonds. The average Bonchev–Trinajstić information content (AvgIpc) is 3.50. The van der Waals surface area contributed by atoms with Gasteiger partial charge in [-0.05, 0) is 50.5 Å². The minimum absolute atomic E-state index is 0.0438. The number of carbonyl (C=O) groups excluding carboxylic acids is 2. The highest BCUT2D eigenvalue weighted by Gasteiger charge is 2.29. The third-order valence-electron chi connectivity index (χ3n) is 5.12. The van der Waals surface area contributed by atoms with Crippen molar-refractivity contribution < 1.29 is 9.59 Å². The van der Waals surface area contributed by atoms with Crippen LogP contribution in [0.1, 0.15) is 40.2 Å². The molecule has 0 bridgehead atoms. The predicted octanol–water partition coefficient (Wildman–Crippen LogP) is 4.15. The number of nitrogens with one attached hydrogen (secondary N) is 2. The molecule has 0 saturated heterocycles. The Kier molecular flexibility index (Phi) is 5.16. The normalized spacial score (nSPS) is 13.2. The van der Waals surface area contributed by atoms with Crippen LogP contribution in [-0.2, 0) is 11.3 Å². The Bertz CT molecular complexity index is 1050. The SMILES string of the molecule is Cc1nn(Cc2ccccc2)c(C)c1C(=O)Nc1cccc(NC(=O)C2CC2)c1. The van der Waals surface area contributed by atoms with Crippen molar-refractivity contribution in [2.24, 2.45) is 5.92 Å². The lowest BCUT2D eigenvalue weighted by atomic mass is 10.1. The van der Waals surface area contributed by atoms with Crippen LogP contribution >= 0.6 is 0 Å². The zero-order valence-electron chi connectivity index (χ0n) is 16.6. The van der Waals surface area contributed by atoms with E-state index < -0.39 is 0 Å². The first kappa shape index (κ1) is 18.9. The number of hydrogen-bond acceptors (Lipinski definition) is 3. The van der Waals surface area contributed by atoms with Crippen LogP contribution in [0.5, 0.6) is 0 Å². The number of carbonyl (C=O) groups is 2. The number of rotatable bonds is 6. The summed E-state index contributed by atoms with van der Waals surface area (Å²) in [5.74, 6) is -0.0265. The molecule has 148 valence electrons. The molecular weight excluding hydrogens is 364 g/mol. The highest BCUT2D eigenvalue weighted by Crippen LogP contribution is 2.30. The quantitative estimate of drug-likeness (QED) is 0.666. The van der Waals surface area contributed by atoms with Gasteiger partial charge >= 0.3 is 0 Å². The van der Waals surface area contributed by atoms with Crippen molar-refractivity contribution in [3.05, 3.63) is 77.1 Å². The second kappa shape index (κ2) is 7.91. The molecule has 1 fully saturated rings. The van der Waals surface area contributed by atoms with Gasteiger partial charge in [0.15, 0.2) is 0 Å². The van der Waals surface area contributed by atoms with E-state index in [2.05, 4.69) is 15.7 Å². The lowest BCUT2D eigenvalue weighted by Gasteiger charge is -2.09. The summed E-state index contributed by atoms with van der Waals surface area (Å²) in [5, 5.41) is 10.4. The first-order valence-corrected chi connectivity index (χ1v) is 9.81. The zero-order valence-corrected chi connectivity index (χ0v) is 16.6. The van der Waals surface area contributed by atoms with Gasteiger partial charge in [0, 0.05) is 23.0 Å². The first-order valence-electron chi connectivity index (χ1n) is 9.81. The van der Waals surface area contributed by atoms with E-state index in [9.17, 15) is 9.59 Å². The average molecular weight is 388 g/mol. The second-order valence-electron chi connectivity index (χ2n) is 7.49. The molecule has 6 heteroatoms. The monoisotopic (exact) mass is 388 g/mol. The Morgan fingerprint density at radius 1 is 1.00 bits per heavy atom. The molecule has 0 aliphatic heterocycles. The van der Waals surface area contributed by atoms with E-state index >= 15 is 0 Å². The first-order chi connectivity index (χ1) is 14.0. The smallest absolute Gasteiger partial charge is 0.259 e. The van der Waals surface area contributed by atoms with Crippen molar-refractivity contribution in [3.63, 3.8) is 0 Å². The van der Waals surface area contributed by atoms with Gasteiger partial charge in [-0.15, -0.1) is 0 Å². The lowest BCUT2D eigenvalue weighted by Crippen LogP contribution is -2.16. The van der Waals surface area contributed by atoms with E-state index in [1.807, 2.05) is 67.1 Å². The lowest BCUT2D eigenvalue weighted by molar-refractivity contribution is -0.117. The third-order valence-corrected chi connectivity index (χ3v) is 5.12. The Hall–Kier alpha value is -3.41. The maximum Gasteiger partial charge on any atom is 0.259 e. The van der Waals surface area contributed by atoms with Crippen LogP contribution in [-0.4, -0.2) is 21.6 Å². The number of benzene rings is 2. The summed E-state index contributed by atoms with van der Waals surface area (Å²) in [6.07, 6.45) is 1.90. The predicted molar refractivity (Wildman–Crippen MR) is 113 cm³/mol.